The number of methoxy groups -OCH3 is 1. The fraction of sp³-hybridized carbons (Fsp3) is 0.474. The van der Waals surface area contributed by atoms with Crippen molar-refractivity contribution in [2.45, 2.75) is 13.0 Å². The average Bonchev–Trinajstić information content (AvgIpc) is 3.08. The molecule has 3 rings (SSSR count). The van der Waals surface area contributed by atoms with E-state index in [4.69, 9.17) is 10.5 Å². The Bertz CT molecular complexity index is 726. The summed E-state index contributed by atoms with van der Waals surface area (Å²) in [5.41, 5.74) is 6.87. The number of nitrogen functional groups attached to an aromatic ring is 1. The SMILES string of the molecule is COc1ccc(CCNC(=O)CN2CCN(Cc3cnc(N)s3)CC2)cc1. The molecule has 146 valence electrons. The number of nitrogens with zero attached hydrogens (tertiary/aromatic N) is 3. The molecule has 3 N–H and O–H groups in total. The van der Waals surface area contributed by atoms with Crippen LogP contribution in [0.5, 0.6) is 5.75 Å². The number of carbonyl (C=O) groups excluding carboxylic acids is 1. The first-order chi connectivity index (χ1) is 13.1. The maximum Gasteiger partial charge on any atom is 0.234 e. The minimum atomic E-state index is 0.0900. The largest absolute Gasteiger partial charge is 0.497 e. The minimum Gasteiger partial charge on any atom is -0.497 e. The molecular weight excluding hydrogens is 362 g/mol. The number of amides is 1. The van der Waals surface area contributed by atoms with Crippen molar-refractivity contribution >= 4 is 22.4 Å². The van der Waals surface area contributed by atoms with Crippen molar-refractivity contribution in [2.24, 2.45) is 0 Å². The number of thiazole rings is 1. The zero-order valence-corrected chi connectivity index (χ0v) is 16.5. The number of hydrogen-bond acceptors (Lipinski definition) is 7. The molecule has 0 unspecified atom stereocenters. The summed E-state index contributed by atoms with van der Waals surface area (Å²) in [5, 5.41) is 3.64. The second-order valence-corrected chi connectivity index (χ2v) is 7.81. The average molecular weight is 390 g/mol. The van der Waals surface area contributed by atoms with Gasteiger partial charge in [-0.05, 0) is 24.1 Å². The third-order valence-electron chi connectivity index (χ3n) is 4.68. The van der Waals surface area contributed by atoms with Crippen LogP contribution in [0.1, 0.15) is 10.4 Å². The normalized spacial score (nSPS) is 15.6. The Morgan fingerprint density at radius 3 is 2.56 bits per heavy atom. The standard InChI is InChI=1S/C19H27N5O2S/c1-26-16-4-2-15(3-5-16)6-7-21-18(25)14-24-10-8-23(9-11-24)13-17-12-22-19(20)27-17/h2-5,12H,6-11,13-14H2,1H3,(H2,20,22)(H,21,25). The molecule has 7 nitrogen and oxygen atoms in total. The number of nitrogens with one attached hydrogen (secondary N) is 1. The van der Waals surface area contributed by atoms with E-state index in [1.54, 1.807) is 18.4 Å². The van der Waals surface area contributed by atoms with Gasteiger partial charge in [0.05, 0.1) is 13.7 Å². The summed E-state index contributed by atoms with van der Waals surface area (Å²) in [6.45, 7) is 5.72. The topological polar surface area (TPSA) is 83.7 Å². The van der Waals surface area contributed by atoms with Crippen molar-refractivity contribution in [1.29, 1.82) is 0 Å². The Labute approximate surface area is 164 Å². The molecule has 0 saturated carbocycles. The molecule has 2 heterocycles. The third-order valence-corrected chi connectivity index (χ3v) is 5.49. The zero-order chi connectivity index (χ0) is 19.1. The van der Waals surface area contributed by atoms with Crippen LogP contribution in [0.3, 0.4) is 0 Å². The van der Waals surface area contributed by atoms with E-state index in [2.05, 4.69) is 20.1 Å². The van der Waals surface area contributed by atoms with E-state index in [9.17, 15) is 4.79 Å². The molecule has 27 heavy (non-hydrogen) atoms. The highest BCUT2D eigenvalue weighted by Gasteiger charge is 2.19. The van der Waals surface area contributed by atoms with Gasteiger partial charge in [0.2, 0.25) is 5.91 Å². The Morgan fingerprint density at radius 2 is 1.93 bits per heavy atom. The first kappa shape index (κ1) is 19.6. The van der Waals surface area contributed by atoms with E-state index < -0.39 is 0 Å². The molecule has 2 aromatic rings. The molecule has 8 heteroatoms. The van der Waals surface area contributed by atoms with Crippen LogP contribution in [0.4, 0.5) is 5.13 Å². The van der Waals surface area contributed by atoms with E-state index in [0.29, 0.717) is 18.2 Å². The lowest BCUT2D eigenvalue weighted by molar-refractivity contribution is -0.122. The molecule has 0 bridgehead atoms. The molecule has 0 atom stereocenters. The molecular formula is C19H27N5O2S. The van der Waals surface area contributed by atoms with Crippen LogP contribution in [0.15, 0.2) is 30.5 Å². The summed E-state index contributed by atoms with van der Waals surface area (Å²) >= 11 is 1.54. The Kier molecular flexibility index (Phi) is 7.03. The van der Waals surface area contributed by atoms with Gasteiger partial charge in [0.1, 0.15) is 5.75 Å². The van der Waals surface area contributed by atoms with Gasteiger partial charge in [0.25, 0.3) is 0 Å². The maximum atomic E-state index is 12.2. The number of nitrogens with two attached hydrogens (primary N) is 1. The lowest BCUT2D eigenvalue weighted by Gasteiger charge is -2.33. The second-order valence-electron chi connectivity index (χ2n) is 6.67. The highest BCUT2D eigenvalue weighted by atomic mass is 32.1. The summed E-state index contributed by atoms with van der Waals surface area (Å²) < 4.78 is 5.15. The predicted octanol–water partition coefficient (Wildman–Crippen LogP) is 1.21. The number of rotatable bonds is 8. The molecule has 1 aromatic carbocycles. The molecule has 0 spiro atoms. The van der Waals surface area contributed by atoms with Crippen molar-refractivity contribution in [3.63, 3.8) is 0 Å². The summed E-state index contributed by atoms with van der Waals surface area (Å²) in [5.74, 6) is 0.938. The summed E-state index contributed by atoms with van der Waals surface area (Å²) in [6, 6.07) is 7.94. The number of benzene rings is 1. The molecule has 1 aliphatic rings. The van der Waals surface area contributed by atoms with Crippen molar-refractivity contribution in [2.75, 3.05) is 52.1 Å². The molecule has 1 aliphatic heterocycles. The van der Waals surface area contributed by atoms with Crippen LogP contribution in [0.25, 0.3) is 0 Å². The Hall–Kier alpha value is -2.16. The van der Waals surface area contributed by atoms with E-state index in [-0.39, 0.29) is 5.91 Å². The quantitative estimate of drug-likeness (QED) is 0.706. The van der Waals surface area contributed by atoms with Gasteiger partial charge >= 0.3 is 0 Å². The molecule has 1 amide bonds. The van der Waals surface area contributed by atoms with E-state index in [0.717, 1.165) is 44.9 Å². The first-order valence-electron chi connectivity index (χ1n) is 9.17. The fourth-order valence-corrected chi connectivity index (χ4v) is 3.85. The van der Waals surface area contributed by atoms with E-state index in [1.165, 1.54) is 10.4 Å². The number of hydrogen-bond donors (Lipinski definition) is 2. The molecule has 1 aromatic heterocycles. The van der Waals surface area contributed by atoms with Crippen LogP contribution in [0, 0.1) is 0 Å². The van der Waals surface area contributed by atoms with E-state index >= 15 is 0 Å². The summed E-state index contributed by atoms with van der Waals surface area (Å²) in [6.07, 6.45) is 2.67. The monoisotopic (exact) mass is 389 g/mol. The number of anilines is 1. The van der Waals surface area contributed by atoms with Gasteiger partial charge < -0.3 is 15.8 Å². The van der Waals surface area contributed by atoms with Crippen molar-refractivity contribution < 1.29 is 9.53 Å². The van der Waals surface area contributed by atoms with Gasteiger partial charge in [-0.15, -0.1) is 11.3 Å². The third kappa shape index (κ3) is 6.20. The van der Waals surface area contributed by atoms with Crippen molar-refractivity contribution in [3.8, 4) is 5.75 Å². The summed E-state index contributed by atoms with van der Waals surface area (Å²) in [7, 11) is 1.66. The summed E-state index contributed by atoms with van der Waals surface area (Å²) in [4.78, 5) is 22.0. The molecule has 0 aliphatic carbocycles. The number of piperazine rings is 1. The van der Waals surface area contributed by atoms with Gasteiger partial charge in [-0.1, -0.05) is 12.1 Å². The molecule has 1 saturated heterocycles. The fourth-order valence-electron chi connectivity index (χ4n) is 3.12. The molecule has 1 fully saturated rings. The Morgan fingerprint density at radius 1 is 1.22 bits per heavy atom. The van der Waals surface area contributed by atoms with Crippen molar-refractivity contribution in [3.05, 3.63) is 40.9 Å². The number of ether oxygens (including phenoxy) is 1. The van der Waals surface area contributed by atoms with Crippen LogP contribution >= 0.6 is 11.3 Å². The highest BCUT2D eigenvalue weighted by molar-refractivity contribution is 7.15. The predicted molar refractivity (Wildman–Crippen MR) is 108 cm³/mol. The smallest absolute Gasteiger partial charge is 0.234 e. The van der Waals surface area contributed by atoms with Crippen LogP contribution < -0.4 is 15.8 Å². The van der Waals surface area contributed by atoms with Gasteiger partial charge in [-0.3, -0.25) is 14.6 Å². The number of aromatic nitrogens is 1. The minimum absolute atomic E-state index is 0.0900. The van der Waals surface area contributed by atoms with Crippen molar-refractivity contribution in [1.82, 2.24) is 20.1 Å². The van der Waals surface area contributed by atoms with E-state index in [1.807, 2.05) is 30.5 Å². The number of carbonyl (C=O) groups is 1. The van der Waals surface area contributed by atoms with Gasteiger partial charge in [0, 0.05) is 50.3 Å². The molecule has 0 radical (unpaired) electrons. The van der Waals surface area contributed by atoms with Crippen LogP contribution in [-0.4, -0.2) is 67.1 Å². The second kappa shape index (κ2) is 9.68. The lowest BCUT2D eigenvalue weighted by atomic mass is 10.1. The Balaban J connectivity index is 1.31. The van der Waals surface area contributed by atoms with Gasteiger partial charge in [-0.25, -0.2) is 4.98 Å². The first-order valence-corrected chi connectivity index (χ1v) is 9.98. The van der Waals surface area contributed by atoms with Gasteiger partial charge in [-0.2, -0.15) is 0 Å². The van der Waals surface area contributed by atoms with Gasteiger partial charge in [0.15, 0.2) is 5.13 Å². The van der Waals surface area contributed by atoms with Crippen LogP contribution in [-0.2, 0) is 17.8 Å². The van der Waals surface area contributed by atoms with Crippen LogP contribution in [0.2, 0.25) is 0 Å². The lowest BCUT2D eigenvalue weighted by Crippen LogP contribution is -2.49. The maximum absolute atomic E-state index is 12.2. The zero-order valence-electron chi connectivity index (χ0n) is 15.7. The highest BCUT2D eigenvalue weighted by Crippen LogP contribution is 2.17.